The van der Waals surface area contributed by atoms with Crippen molar-refractivity contribution in [1.82, 2.24) is 4.72 Å². The number of hydrogen-bond donors (Lipinski definition) is 1. The lowest BCUT2D eigenvalue weighted by Gasteiger charge is -2.18. The average molecular weight is 299 g/mol. The van der Waals surface area contributed by atoms with Gasteiger partial charge in [0.15, 0.2) is 11.5 Å². The number of benzene rings is 1. The van der Waals surface area contributed by atoms with Gasteiger partial charge in [0.05, 0.1) is 18.1 Å². The zero-order chi connectivity index (χ0) is 14.8. The molecule has 0 radical (unpaired) electrons. The van der Waals surface area contributed by atoms with Crippen molar-refractivity contribution in [1.29, 1.82) is 0 Å². The van der Waals surface area contributed by atoms with E-state index in [2.05, 4.69) is 4.72 Å². The maximum absolute atomic E-state index is 12.3. The predicted molar refractivity (Wildman–Crippen MR) is 76.7 cm³/mol. The molecular weight excluding hydrogens is 278 g/mol. The maximum Gasteiger partial charge on any atom is 0.240 e. The van der Waals surface area contributed by atoms with Crippen LogP contribution in [0.15, 0.2) is 23.1 Å². The number of sulfonamides is 1. The van der Waals surface area contributed by atoms with Crippen LogP contribution in [0.4, 0.5) is 0 Å². The van der Waals surface area contributed by atoms with Crippen molar-refractivity contribution >= 4 is 10.0 Å². The van der Waals surface area contributed by atoms with Crippen LogP contribution < -0.4 is 14.2 Å². The van der Waals surface area contributed by atoms with Gasteiger partial charge in [-0.15, -0.1) is 0 Å². The predicted octanol–water partition coefficient (Wildman–Crippen LogP) is 2.17. The van der Waals surface area contributed by atoms with Gasteiger partial charge >= 0.3 is 0 Å². The highest BCUT2D eigenvalue weighted by Crippen LogP contribution is 2.31. The first kappa shape index (κ1) is 15.1. The van der Waals surface area contributed by atoms with E-state index in [0.717, 1.165) is 6.42 Å². The van der Waals surface area contributed by atoms with Crippen molar-refractivity contribution in [2.75, 3.05) is 13.2 Å². The van der Waals surface area contributed by atoms with E-state index in [4.69, 9.17) is 9.47 Å². The molecule has 1 heterocycles. The highest BCUT2D eigenvalue weighted by Gasteiger charge is 2.21. The lowest BCUT2D eigenvalue weighted by molar-refractivity contribution is 0.297. The van der Waals surface area contributed by atoms with E-state index in [9.17, 15) is 8.42 Å². The van der Waals surface area contributed by atoms with Gasteiger partial charge in [0.1, 0.15) is 0 Å². The summed E-state index contributed by atoms with van der Waals surface area (Å²) in [5.74, 6) is 1.31. The highest BCUT2D eigenvalue weighted by molar-refractivity contribution is 7.89. The SMILES string of the molecule is CC(C)C(C)NS(=O)(=O)c1ccc2c(c1)OCCCO2. The molecule has 2 rings (SSSR count). The molecule has 0 aromatic heterocycles. The van der Waals surface area contributed by atoms with Gasteiger partial charge < -0.3 is 9.47 Å². The molecular formula is C14H21NO4S. The minimum atomic E-state index is -3.54. The quantitative estimate of drug-likeness (QED) is 0.925. The Kier molecular flexibility index (Phi) is 4.55. The van der Waals surface area contributed by atoms with Crippen LogP contribution in [-0.4, -0.2) is 27.7 Å². The van der Waals surface area contributed by atoms with Gasteiger partial charge in [0, 0.05) is 18.5 Å². The smallest absolute Gasteiger partial charge is 0.240 e. The summed E-state index contributed by atoms with van der Waals surface area (Å²) in [5.41, 5.74) is 0. The normalized spacial score (nSPS) is 16.8. The van der Waals surface area contributed by atoms with E-state index in [1.54, 1.807) is 12.1 Å². The summed E-state index contributed by atoms with van der Waals surface area (Å²) >= 11 is 0. The van der Waals surface area contributed by atoms with Crippen LogP contribution in [0, 0.1) is 5.92 Å². The summed E-state index contributed by atoms with van der Waals surface area (Å²) in [6, 6.07) is 4.59. The standard InChI is InChI=1S/C14H21NO4S/c1-10(2)11(3)15-20(16,17)12-5-6-13-14(9-12)19-8-4-7-18-13/h5-6,9-11,15H,4,7-8H2,1-3H3. The van der Waals surface area contributed by atoms with Gasteiger partial charge in [-0.2, -0.15) is 0 Å². The molecule has 0 spiro atoms. The van der Waals surface area contributed by atoms with E-state index in [1.807, 2.05) is 20.8 Å². The second kappa shape index (κ2) is 6.01. The van der Waals surface area contributed by atoms with Gasteiger partial charge in [-0.25, -0.2) is 13.1 Å². The molecule has 1 N–H and O–H groups in total. The minimum Gasteiger partial charge on any atom is -0.490 e. The Bertz CT molecular complexity index is 569. The van der Waals surface area contributed by atoms with Crippen LogP contribution in [0.25, 0.3) is 0 Å². The Morgan fingerprint density at radius 3 is 2.40 bits per heavy atom. The third-order valence-corrected chi connectivity index (χ3v) is 4.93. The third-order valence-electron chi connectivity index (χ3n) is 3.37. The molecule has 0 aliphatic carbocycles. The van der Waals surface area contributed by atoms with Gasteiger partial charge in [0.2, 0.25) is 10.0 Å². The fraction of sp³-hybridized carbons (Fsp3) is 0.571. The summed E-state index contributed by atoms with van der Waals surface area (Å²) in [6.45, 7) is 6.92. The van der Waals surface area contributed by atoms with Crippen LogP contribution in [0.3, 0.4) is 0 Å². The number of hydrogen-bond acceptors (Lipinski definition) is 4. The molecule has 0 amide bonds. The molecule has 1 atom stereocenters. The molecule has 0 saturated heterocycles. The molecule has 1 aromatic carbocycles. The van der Waals surface area contributed by atoms with E-state index < -0.39 is 10.0 Å². The number of fused-ring (bicyclic) bond motifs is 1. The summed E-state index contributed by atoms with van der Waals surface area (Å²) < 4.78 is 38.3. The molecule has 0 bridgehead atoms. The number of ether oxygens (including phenoxy) is 2. The summed E-state index contributed by atoms with van der Waals surface area (Å²) in [4.78, 5) is 0.203. The Morgan fingerprint density at radius 1 is 1.10 bits per heavy atom. The average Bonchev–Trinajstić information content (AvgIpc) is 2.62. The summed E-state index contributed by atoms with van der Waals surface area (Å²) in [6.07, 6.45) is 0.791. The van der Waals surface area contributed by atoms with Crippen LogP contribution in [0.5, 0.6) is 11.5 Å². The summed E-state index contributed by atoms with van der Waals surface area (Å²) in [7, 11) is -3.54. The molecule has 0 fully saturated rings. The number of rotatable bonds is 4. The lowest BCUT2D eigenvalue weighted by Crippen LogP contribution is -2.36. The first-order valence-electron chi connectivity index (χ1n) is 6.82. The maximum atomic E-state index is 12.3. The van der Waals surface area contributed by atoms with Gasteiger partial charge in [-0.3, -0.25) is 0 Å². The first-order chi connectivity index (χ1) is 9.40. The second-order valence-electron chi connectivity index (χ2n) is 5.31. The van der Waals surface area contributed by atoms with Crippen molar-refractivity contribution in [2.45, 2.75) is 38.1 Å². The van der Waals surface area contributed by atoms with E-state index in [1.165, 1.54) is 6.07 Å². The minimum absolute atomic E-state index is 0.129. The van der Waals surface area contributed by atoms with E-state index in [-0.39, 0.29) is 16.9 Å². The van der Waals surface area contributed by atoms with Gasteiger partial charge in [-0.05, 0) is 25.0 Å². The molecule has 112 valence electrons. The monoisotopic (exact) mass is 299 g/mol. The zero-order valence-electron chi connectivity index (χ0n) is 12.0. The van der Waals surface area contributed by atoms with E-state index in [0.29, 0.717) is 24.7 Å². The fourth-order valence-electron chi connectivity index (χ4n) is 1.76. The first-order valence-corrected chi connectivity index (χ1v) is 8.30. The van der Waals surface area contributed by atoms with Crippen molar-refractivity contribution in [2.24, 2.45) is 5.92 Å². The fourth-order valence-corrected chi connectivity index (χ4v) is 3.17. The molecule has 0 saturated carbocycles. The highest BCUT2D eigenvalue weighted by atomic mass is 32.2. The summed E-state index contributed by atoms with van der Waals surface area (Å²) in [5, 5.41) is 0. The molecule has 20 heavy (non-hydrogen) atoms. The molecule has 1 aromatic rings. The Labute approximate surface area is 120 Å². The third kappa shape index (κ3) is 3.43. The van der Waals surface area contributed by atoms with Crippen molar-refractivity contribution < 1.29 is 17.9 Å². The van der Waals surface area contributed by atoms with Gasteiger partial charge in [0.25, 0.3) is 0 Å². The topological polar surface area (TPSA) is 64.6 Å². The molecule has 6 heteroatoms. The van der Waals surface area contributed by atoms with Crippen LogP contribution in [0.1, 0.15) is 27.2 Å². The van der Waals surface area contributed by atoms with Crippen LogP contribution >= 0.6 is 0 Å². The van der Waals surface area contributed by atoms with Crippen molar-refractivity contribution in [3.8, 4) is 11.5 Å². The molecule has 1 aliphatic rings. The van der Waals surface area contributed by atoms with Crippen LogP contribution in [0.2, 0.25) is 0 Å². The van der Waals surface area contributed by atoms with Crippen molar-refractivity contribution in [3.63, 3.8) is 0 Å². The Hall–Kier alpha value is -1.27. The largest absolute Gasteiger partial charge is 0.490 e. The van der Waals surface area contributed by atoms with E-state index >= 15 is 0 Å². The van der Waals surface area contributed by atoms with Crippen LogP contribution in [-0.2, 0) is 10.0 Å². The second-order valence-corrected chi connectivity index (χ2v) is 7.03. The molecule has 5 nitrogen and oxygen atoms in total. The van der Waals surface area contributed by atoms with Crippen molar-refractivity contribution in [3.05, 3.63) is 18.2 Å². The van der Waals surface area contributed by atoms with Gasteiger partial charge in [-0.1, -0.05) is 13.8 Å². The Morgan fingerprint density at radius 2 is 1.75 bits per heavy atom. The molecule has 1 unspecified atom stereocenters. The Balaban J connectivity index is 2.26. The zero-order valence-corrected chi connectivity index (χ0v) is 12.9. The molecule has 1 aliphatic heterocycles. The lowest BCUT2D eigenvalue weighted by atomic mass is 10.1. The number of nitrogens with one attached hydrogen (secondary N) is 1.